The van der Waals surface area contributed by atoms with Crippen molar-refractivity contribution in [1.29, 1.82) is 0 Å². The van der Waals surface area contributed by atoms with E-state index in [1.807, 2.05) is 0 Å². The van der Waals surface area contributed by atoms with Gasteiger partial charge in [-0.2, -0.15) is 0 Å². The van der Waals surface area contributed by atoms with Gasteiger partial charge in [-0.3, -0.25) is 0 Å². The van der Waals surface area contributed by atoms with Crippen LogP contribution < -0.4 is 0 Å². The summed E-state index contributed by atoms with van der Waals surface area (Å²) in [6, 6.07) is 10.7. The van der Waals surface area contributed by atoms with Gasteiger partial charge in [0.1, 0.15) is 0 Å². The standard InChI is InChI=1S/C36H66O2Si/c1-9-12-14-16-17-18-19-20-25-29-34(37-31-32-26-22-21-23-27-32)30-35(38-39(7,8)36(4,5)6)33(11-3)28-24-15-13-10-2/h11,21-23,26-27,33-35H,3,9-10,12-20,24-25,28-31H2,1-2,4-8H3/t33-,34+,35+/m0/s1. The van der Waals surface area contributed by atoms with Gasteiger partial charge in [0, 0.05) is 5.92 Å². The van der Waals surface area contributed by atoms with Crippen molar-refractivity contribution in [3.8, 4) is 0 Å². The summed E-state index contributed by atoms with van der Waals surface area (Å²) in [5.74, 6) is 0.391. The number of unbranched alkanes of at least 4 members (excludes halogenated alkanes) is 11. The zero-order valence-corrected chi connectivity index (χ0v) is 28.2. The van der Waals surface area contributed by atoms with Crippen molar-refractivity contribution in [2.45, 2.75) is 174 Å². The van der Waals surface area contributed by atoms with E-state index in [0.29, 0.717) is 12.5 Å². The van der Waals surface area contributed by atoms with Crippen molar-refractivity contribution >= 4 is 8.32 Å². The Morgan fingerprint density at radius 2 is 1.28 bits per heavy atom. The summed E-state index contributed by atoms with van der Waals surface area (Å²) in [6.07, 6.45) is 23.3. The molecular formula is C36H66O2Si. The zero-order valence-electron chi connectivity index (χ0n) is 27.2. The van der Waals surface area contributed by atoms with Gasteiger partial charge in [0.15, 0.2) is 8.32 Å². The molecule has 1 rings (SSSR count). The van der Waals surface area contributed by atoms with Crippen LogP contribution in [0, 0.1) is 5.92 Å². The predicted octanol–water partition coefficient (Wildman–Crippen LogP) is 12.0. The molecule has 0 radical (unpaired) electrons. The molecule has 39 heavy (non-hydrogen) atoms. The Hall–Kier alpha value is -0.903. The second kappa shape index (κ2) is 20.9. The van der Waals surface area contributed by atoms with E-state index in [-0.39, 0.29) is 17.2 Å². The average Bonchev–Trinajstić information content (AvgIpc) is 2.90. The summed E-state index contributed by atoms with van der Waals surface area (Å²) < 4.78 is 13.8. The lowest BCUT2D eigenvalue weighted by atomic mass is 9.90. The minimum atomic E-state index is -1.92. The molecule has 3 atom stereocenters. The van der Waals surface area contributed by atoms with Crippen LogP contribution in [-0.2, 0) is 15.8 Å². The first-order valence-electron chi connectivity index (χ1n) is 16.6. The van der Waals surface area contributed by atoms with Gasteiger partial charge in [0.25, 0.3) is 0 Å². The fraction of sp³-hybridized carbons (Fsp3) is 0.778. The highest BCUT2D eigenvalue weighted by Gasteiger charge is 2.40. The van der Waals surface area contributed by atoms with Gasteiger partial charge < -0.3 is 9.16 Å². The SMILES string of the molecule is C=C[C@@H](CCCCCC)[C@@H](C[C@@H](CCCCCCCCCCC)OCc1ccccc1)O[Si](C)(C)C(C)(C)C. The van der Waals surface area contributed by atoms with Gasteiger partial charge in [0.05, 0.1) is 18.8 Å². The molecule has 0 saturated heterocycles. The Bertz CT molecular complexity index is 709. The van der Waals surface area contributed by atoms with Crippen LogP contribution in [0.25, 0.3) is 0 Å². The average molecular weight is 559 g/mol. The highest BCUT2D eigenvalue weighted by molar-refractivity contribution is 6.74. The number of ether oxygens (including phenoxy) is 1. The van der Waals surface area contributed by atoms with E-state index >= 15 is 0 Å². The molecule has 0 aliphatic carbocycles. The van der Waals surface area contributed by atoms with Gasteiger partial charge in [-0.15, -0.1) is 6.58 Å². The maximum Gasteiger partial charge on any atom is 0.192 e. The molecule has 0 aliphatic heterocycles. The zero-order chi connectivity index (χ0) is 29.0. The van der Waals surface area contributed by atoms with Crippen LogP contribution in [0.3, 0.4) is 0 Å². The summed E-state index contributed by atoms with van der Waals surface area (Å²) in [5, 5.41) is 0.191. The molecule has 0 N–H and O–H groups in total. The quantitative estimate of drug-likeness (QED) is 0.0713. The fourth-order valence-corrected chi connectivity index (χ4v) is 6.51. The van der Waals surface area contributed by atoms with E-state index in [9.17, 15) is 0 Å². The Kier molecular flexibility index (Phi) is 19.4. The Balaban J connectivity index is 2.88. The van der Waals surface area contributed by atoms with E-state index < -0.39 is 8.32 Å². The van der Waals surface area contributed by atoms with Gasteiger partial charge in [-0.1, -0.05) is 154 Å². The van der Waals surface area contributed by atoms with E-state index in [4.69, 9.17) is 9.16 Å². The maximum absolute atomic E-state index is 7.17. The predicted molar refractivity (Wildman–Crippen MR) is 176 cm³/mol. The first-order chi connectivity index (χ1) is 18.6. The molecule has 1 aromatic carbocycles. The third kappa shape index (κ3) is 16.2. The van der Waals surface area contributed by atoms with Gasteiger partial charge in [-0.25, -0.2) is 0 Å². The molecule has 1 aromatic rings. The maximum atomic E-state index is 7.17. The lowest BCUT2D eigenvalue weighted by molar-refractivity contribution is -0.00870. The fourth-order valence-electron chi connectivity index (χ4n) is 5.13. The van der Waals surface area contributed by atoms with Gasteiger partial charge in [-0.05, 0) is 43.0 Å². The molecule has 0 aromatic heterocycles. The first kappa shape index (κ1) is 36.1. The molecule has 226 valence electrons. The van der Waals surface area contributed by atoms with Gasteiger partial charge >= 0.3 is 0 Å². The summed E-state index contributed by atoms with van der Waals surface area (Å²) in [5.41, 5.74) is 1.26. The van der Waals surface area contributed by atoms with Crippen LogP contribution in [0.5, 0.6) is 0 Å². The Labute approximate surface area is 245 Å². The molecule has 0 saturated carbocycles. The highest BCUT2D eigenvalue weighted by Crippen LogP contribution is 2.39. The third-order valence-corrected chi connectivity index (χ3v) is 13.4. The van der Waals surface area contributed by atoms with Crippen molar-refractivity contribution in [2.75, 3.05) is 0 Å². The summed E-state index contributed by atoms with van der Waals surface area (Å²) >= 11 is 0. The number of hydrogen-bond donors (Lipinski definition) is 0. The molecule has 0 unspecified atom stereocenters. The molecule has 0 spiro atoms. The van der Waals surface area contributed by atoms with E-state index in [2.05, 4.69) is 90.7 Å². The van der Waals surface area contributed by atoms with Gasteiger partial charge in [0.2, 0.25) is 0 Å². The smallest absolute Gasteiger partial charge is 0.192 e. The Morgan fingerprint density at radius 3 is 1.82 bits per heavy atom. The summed E-state index contributed by atoms with van der Waals surface area (Å²) in [6.45, 7) is 21.4. The van der Waals surface area contributed by atoms with Crippen molar-refractivity contribution in [3.05, 3.63) is 48.6 Å². The summed E-state index contributed by atoms with van der Waals surface area (Å²) in [7, 11) is -1.92. The second-order valence-corrected chi connectivity index (χ2v) is 18.2. The van der Waals surface area contributed by atoms with Crippen LogP contribution in [0.15, 0.2) is 43.0 Å². The lowest BCUT2D eigenvalue weighted by Crippen LogP contribution is -2.46. The van der Waals surface area contributed by atoms with E-state index in [1.54, 1.807) is 0 Å². The third-order valence-electron chi connectivity index (χ3n) is 8.88. The van der Waals surface area contributed by atoms with Crippen molar-refractivity contribution < 1.29 is 9.16 Å². The highest BCUT2D eigenvalue weighted by atomic mass is 28.4. The molecular weight excluding hydrogens is 492 g/mol. The molecule has 2 nitrogen and oxygen atoms in total. The lowest BCUT2D eigenvalue weighted by Gasteiger charge is -2.42. The van der Waals surface area contributed by atoms with Crippen molar-refractivity contribution in [3.63, 3.8) is 0 Å². The Morgan fingerprint density at radius 1 is 0.769 bits per heavy atom. The minimum absolute atomic E-state index is 0.185. The van der Waals surface area contributed by atoms with E-state index in [0.717, 1.165) is 12.8 Å². The van der Waals surface area contributed by atoms with Crippen LogP contribution in [0.1, 0.15) is 143 Å². The normalized spacial score (nSPS) is 14.7. The largest absolute Gasteiger partial charge is 0.413 e. The number of rotatable bonds is 24. The first-order valence-corrected chi connectivity index (χ1v) is 19.5. The topological polar surface area (TPSA) is 18.5 Å². The molecule has 0 aliphatic rings. The molecule has 3 heteroatoms. The van der Waals surface area contributed by atoms with Crippen LogP contribution in [-0.4, -0.2) is 20.5 Å². The van der Waals surface area contributed by atoms with E-state index in [1.165, 1.54) is 95.5 Å². The molecule has 0 fully saturated rings. The number of benzene rings is 1. The monoisotopic (exact) mass is 558 g/mol. The van der Waals surface area contributed by atoms with Crippen LogP contribution in [0.4, 0.5) is 0 Å². The number of hydrogen-bond acceptors (Lipinski definition) is 2. The molecule has 0 bridgehead atoms. The molecule has 0 amide bonds. The van der Waals surface area contributed by atoms with Crippen molar-refractivity contribution in [1.82, 2.24) is 0 Å². The van der Waals surface area contributed by atoms with Crippen LogP contribution >= 0.6 is 0 Å². The van der Waals surface area contributed by atoms with Crippen LogP contribution in [0.2, 0.25) is 18.1 Å². The van der Waals surface area contributed by atoms with Crippen molar-refractivity contribution in [2.24, 2.45) is 5.92 Å². The second-order valence-electron chi connectivity index (χ2n) is 13.4. The summed E-state index contributed by atoms with van der Waals surface area (Å²) in [4.78, 5) is 0. The molecule has 0 heterocycles. The minimum Gasteiger partial charge on any atom is -0.413 e.